The Kier molecular flexibility index (Phi) is 7.72. The summed E-state index contributed by atoms with van der Waals surface area (Å²) in [5.41, 5.74) is 10.4. The number of rotatable bonds is 8. The molecule has 0 aliphatic carbocycles. The minimum Gasteiger partial charge on any atom is -0.478 e. The van der Waals surface area contributed by atoms with Crippen LogP contribution in [0.4, 0.5) is 5.69 Å². The molecule has 0 radical (unpaired) electrons. The van der Waals surface area contributed by atoms with Crippen molar-refractivity contribution in [3.8, 4) is 17.2 Å². The smallest absolute Gasteiger partial charge is 0.335 e. The summed E-state index contributed by atoms with van der Waals surface area (Å²) in [6.45, 7) is 4.52. The molecular formula is C30H31N5O4. The van der Waals surface area contributed by atoms with Crippen LogP contribution < -0.4 is 15.8 Å². The molecule has 0 unspecified atom stereocenters. The van der Waals surface area contributed by atoms with Gasteiger partial charge in [-0.2, -0.15) is 0 Å². The van der Waals surface area contributed by atoms with E-state index in [0.717, 1.165) is 49.4 Å². The molecule has 9 heteroatoms. The van der Waals surface area contributed by atoms with Gasteiger partial charge in [0.05, 0.1) is 17.6 Å². The lowest BCUT2D eigenvalue weighted by atomic mass is 10.1. The average molecular weight is 526 g/mol. The van der Waals surface area contributed by atoms with Gasteiger partial charge in [-0.3, -0.25) is 9.69 Å². The molecule has 4 N–H and O–H groups in total. The second kappa shape index (κ2) is 11.5. The minimum atomic E-state index is -1.00. The van der Waals surface area contributed by atoms with E-state index in [1.165, 1.54) is 12.1 Å². The van der Waals surface area contributed by atoms with Gasteiger partial charge in [-0.1, -0.05) is 6.07 Å². The van der Waals surface area contributed by atoms with Gasteiger partial charge in [-0.25, -0.2) is 9.78 Å². The number of imidazole rings is 1. The summed E-state index contributed by atoms with van der Waals surface area (Å²) in [5.74, 6) is -0.333. The molecule has 2 heterocycles. The molecule has 39 heavy (non-hydrogen) atoms. The predicted molar refractivity (Wildman–Crippen MR) is 149 cm³/mol. The van der Waals surface area contributed by atoms with E-state index in [9.17, 15) is 9.59 Å². The number of piperidine rings is 1. The van der Waals surface area contributed by atoms with Crippen LogP contribution in [0, 0.1) is 6.92 Å². The molecule has 200 valence electrons. The molecule has 1 saturated heterocycles. The van der Waals surface area contributed by atoms with Crippen LogP contribution >= 0.6 is 0 Å². The number of hydrogen-bond acceptors (Lipinski definition) is 6. The Hall–Kier alpha value is -4.47. The number of ether oxygens (including phenoxy) is 1. The number of carbonyl (C=O) groups is 2. The zero-order chi connectivity index (χ0) is 27.4. The van der Waals surface area contributed by atoms with Crippen molar-refractivity contribution in [3.05, 3.63) is 102 Å². The Morgan fingerprint density at radius 1 is 1.08 bits per heavy atom. The number of carboxylic acids is 1. The molecule has 1 aliphatic rings. The molecule has 1 aliphatic heterocycles. The summed E-state index contributed by atoms with van der Waals surface area (Å²) in [4.78, 5) is 31.0. The number of nitrogens with two attached hydrogens (primary N) is 1. The minimum absolute atomic E-state index is 0.172. The SMILES string of the molecule is Cc1cn(-c2cc(CN3CCC[C@H](N)C3)cc(NC(=O)c3cccc(Oc4ccc(C(=O)O)cc4)c3)c2)cn1. The van der Waals surface area contributed by atoms with E-state index in [4.69, 9.17) is 15.6 Å². The van der Waals surface area contributed by atoms with Crippen molar-refractivity contribution in [1.82, 2.24) is 14.5 Å². The van der Waals surface area contributed by atoms with Crippen LogP contribution in [0.3, 0.4) is 0 Å². The van der Waals surface area contributed by atoms with Crippen LogP contribution in [0.5, 0.6) is 11.5 Å². The number of aromatic nitrogens is 2. The number of aryl methyl sites for hydroxylation is 1. The maximum atomic E-state index is 13.3. The van der Waals surface area contributed by atoms with Crippen LogP contribution in [0.15, 0.2) is 79.3 Å². The highest BCUT2D eigenvalue weighted by Crippen LogP contribution is 2.25. The van der Waals surface area contributed by atoms with Crippen molar-refractivity contribution >= 4 is 17.6 Å². The van der Waals surface area contributed by atoms with E-state index in [1.807, 2.05) is 29.8 Å². The molecule has 4 aromatic rings. The predicted octanol–water partition coefficient (Wildman–Crippen LogP) is 4.85. The zero-order valence-corrected chi connectivity index (χ0v) is 21.7. The van der Waals surface area contributed by atoms with Gasteiger partial charge in [0, 0.05) is 42.3 Å². The van der Waals surface area contributed by atoms with E-state index < -0.39 is 5.97 Å². The molecule has 1 amide bonds. The Morgan fingerprint density at radius 3 is 2.62 bits per heavy atom. The maximum Gasteiger partial charge on any atom is 0.335 e. The highest BCUT2D eigenvalue weighted by Gasteiger charge is 2.18. The van der Waals surface area contributed by atoms with E-state index in [1.54, 1.807) is 42.7 Å². The first-order valence-corrected chi connectivity index (χ1v) is 12.9. The average Bonchev–Trinajstić information content (AvgIpc) is 3.35. The fourth-order valence-corrected chi connectivity index (χ4v) is 4.75. The van der Waals surface area contributed by atoms with Gasteiger partial charge >= 0.3 is 5.97 Å². The number of nitrogens with one attached hydrogen (secondary N) is 1. The molecule has 9 nitrogen and oxygen atoms in total. The van der Waals surface area contributed by atoms with Crippen LogP contribution in [-0.2, 0) is 6.54 Å². The summed E-state index contributed by atoms with van der Waals surface area (Å²) in [5, 5.41) is 12.1. The molecule has 5 rings (SSSR count). The molecule has 0 spiro atoms. The van der Waals surface area contributed by atoms with Crippen molar-refractivity contribution < 1.29 is 19.4 Å². The van der Waals surface area contributed by atoms with Gasteiger partial charge in [0.25, 0.3) is 5.91 Å². The van der Waals surface area contributed by atoms with Gasteiger partial charge in [-0.15, -0.1) is 0 Å². The number of hydrogen-bond donors (Lipinski definition) is 3. The lowest BCUT2D eigenvalue weighted by Crippen LogP contribution is -2.42. The van der Waals surface area contributed by atoms with E-state index in [-0.39, 0.29) is 17.5 Å². The summed E-state index contributed by atoms with van der Waals surface area (Å²) >= 11 is 0. The Labute approximate surface area is 226 Å². The summed E-state index contributed by atoms with van der Waals surface area (Å²) in [7, 11) is 0. The molecule has 3 aromatic carbocycles. The first-order valence-electron chi connectivity index (χ1n) is 12.9. The van der Waals surface area contributed by atoms with Gasteiger partial charge in [0.1, 0.15) is 11.5 Å². The van der Waals surface area contributed by atoms with Crippen molar-refractivity contribution in [2.24, 2.45) is 5.73 Å². The first-order chi connectivity index (χ1) is 18.8. The Balaban J connectivity index is 1.35. The van der Waals surface area contributed by atoms with Crippen molar-refractivity contribution in [1.29, 1.82) is 0 Å². The van der Waals surface area contributed by atoms with Gasteiger partial charge in [0.2, 0.25) is 0 Å². The maximum absolute atomic E-state index is 13.3. The van der Waals surface area contributed by atoms with Crippen molar-refractivity contribution in [2.45, 2.75) is 32.4 Å². The summed E-state index contributed by atoms with van der Waals surface area (Å²) in [6, 6.07) is 19.2. The number of nitrogens with zero attached hydrogens (tertiary/aromatic N) is 3. The number of benzene rings is 3. The molecule has 0 bridgehead atoms. The van der Waals surface area contributed by atoms with Gasteiger partial charge in [0.15, 0.2) is 0 Å². The number of likely N-dealkylation sites (tertiary alicyclic amines) is 1. The summed E-state index contributed by atoms with van der Waals surface area (Å²) < 4.78 is 7.79. The third-order valence-electron chi connectivity index (χ3n) is 6.63. The lowest BCUT2D eigenvalue weighted by Gasteiger charge is -2.30. The van der Waals surface area contributed by atoms with Gasteiger partial charge < -0.3 is 25.5 Å². The Morgan fingerprint density at radius 2 is 1.90 bits per heavy atom. The molecule has 1 fully saturated rings. The van der Waals surface area contributed by atoms with E-state index >= 15 is 0 Å². The standard InChI is InChI=1S/C30H31N5O4/c1-20-16-35(19-32-20)26-13-21(17-34-11-3-5-24(31)18-34)12-25(15-26)33-29(36)23-4-2-6-28(14-23)39-27-9-7-22(8-10-27)30(37)38/h2,4,6-10,12-16,19,24H,3,5,11,17-18,31H2,1H3,(H,33,36)(H,37,38)/t24-/m0/s1. The largest absolute Gasteiger partial charge is 0.478 e. The normalized spacial score (nSPS) is 15.6. The zero-order valence-electron chi connectivity index (χ0n) is 21.7. The molecular weight excluding hydrogens is 494 g/mol. The second-order valence-electron chi connectivity index (χ2n) is 9.86. The van der Waals surface area contributed by atoms with Crippen LogP contribution in [0.2, 0.25) is 0 Å². The Bertz CT molecular complexity index is 1480. The number of carboxylic acid groups (broad SMARTS) is 1. The molecule has 1 aromatic heterocycles. The number of anilines is 1. The van der Waals surface area contributed by atoms with Crippen LogP contribution in [0.25, 0.3) is 5.69 Å². The highest BCUT2D eigenvalue weighted by atomic mass is 16.5. The molecule has 1 atom stereocenters. The quantitative estimate of drug-likeness (QED) is 0.301. The van der Waals surface area contributed by atoms with Crippen LogP contribution in [0.1, 0.15) is 44.8 Å². The number of carbonyl (C=O) groups excluding carboxylic acids is 1. The summed E-state index contributed by atoms with van der Waals surface area (Å²) in [6.07, 6.45) is 5.84. The van der Waals surface area contributed by atoms with E-state index in [2.05, 4.69) is 21.3 Å². The van der Waals surface area contributed by atoms with Crippen molar-refractivity contribution in [2.75, 3.05) is 18.4 Å². The number of aromatic carboxylic acids is 1. The van der Waals surface area contributed by atoms with E-state index in [0.29, 0.717) is 22.7 Å². The van der Waals surface area contributed by atoms with Crippen LogP contribution in [-0.4, -0.2) is 50.6 Å². The van der Waals surface area contributed by atoms with Crippen molar-refractivity contribution in [3.63, 3.8) is 0 Å². The monoisotopic (exact) mass is 525 g/mol. The molecule has 0 saturated carbocycles. The first kappa shape index (κ1) is 26.1. The third-order valence-corrected chi connectivity index (χ3v) is 6.63. The second-order valence-corrected chi connectivity index (χ2v) is 9.86. The third kappa shape index (κ3) is 6.70. The fraction of sp³-hybridized carbons (Fsp3) is 0.233. The fourth-order valence-electron chi connectivity index (χ4n) is 4.75. The highest BCUT2D eigenvalue weighted by molar-refractivity contribution is 6.04. The topological polar surface area (TPSA) is 123 Å². The van der Waals surface area contributed by atoms with Gasteiger partial charge in [-0.05, 0) is 92.5 Å². The lowest BCUT2D eigenvalue weighted by molar-refractivity contribution is 0.0696. The number of amides is 1.